The summed E-state index contributed by atoms with van der Waals surface area (Å²) in [5, 5.41) is 4.99. The second kappa shape index (κ2) is 9.62. The number of nitrogens with zero attached hydrogens (tertiary/aromatic N) is 3. The van der Waals surface area contributed by atoms with Gasteiger partial charge in [-0.05, 0) is 36.8 Å². The lowest BCUT2D eigenvalue weighted by molar-refractivity contribution is 0.324. The van der Waals surface area contributed by atoms with E-state index in [4.69, 9.17) is 29.0 Å². The molecule has 5 aromatic rings. The monoisotopic (exact) mass is 481 g/mol. The van der Waals surface area contributed by atoms with Gasteiger partial charge in [0.1, 0.15) is 5.75 Å². The van der Waals surface area contributed by atoms with Crippen LogP contribution < -0.4 is 18.9 Å². The molecule has 0 unspecified atom stereocenters. The summed E-state index contributed by atoms with van der Waals surface area (Å²) in [7, 11) is 6.47. The van der Waals surface area contributed by atoms with Crippen LogP contribution in [0.25, 0.3) is 39.3 Å². The molecule has 0 aliphatic rings. The van der Waals surface area contributed by atoms with Gasteiger partial charge in [0, 0.05) is 28.5 Å². The number of rotatable bonds is 7. The van der Waals surface area contributed by atoms with Crippen molar-refractivity contribution >= 4 is 5.65 Å². The summed E-state index contributed by atoms with van der Waals surface area (Å²) in [6.07, 6.45) is 0. The van der Waals surface area contributed by atoms with E-state index in [1.54, 1.807) is 28.4 Å². The molecule has 0 fully saturated rings. The number of hydrogen-bond donors (Lipinski definition) is 0. The first kappa shape index (κ1) is 23.2. The van der Waals surface area contributed by atoms with Gasteiger partial charge in [0.05, 0.1) is 39.8 Å². The number of ether oxygens (including phenoxy) is 4. The van der Waals surface area contributed by atoms with E-state index in [0.29, 0.717) is 17.2 Å². The van der Waals surface area contributed by atoms with Crippen LogP contribution in [-0.4, -0.2) is 43.0 Å². The highest BCUT2D eigenvalue weighted by atomic mass is 16.5. The van der Waals surface area contributed by atoms with Crippen LogP contribution in [0.15, 0.2) is 72.8 Å². The first-order valence-electron chi connectivity index (χ1n) is 11.5. The molecule has 2 heterocycles. The van der Waals surface area contributed by atoms with Crippen LogP contribution >= 0.6 is 0 Å². The lowest BCUT2D eigenvalue weighted by Crippen LogP contribution is -2.04. The summed E-state index contributed by atoms with van der Waals surface area (Å²) in [4.78, 5) is 4.93. The predicted molar refractivity (Wildman–Crippen MR) is 140 cm³/mol. The van der Waals surface area contributed by atoms with Crippen molar-refractivity contribution in [1.82, 2.24) is 14.6 Å². The topological polar surface area (TPSA) is 67.1 Å². The number of hydrogen-bond acceptors (Lipinski definition) is 6. The van der Waals surface area contributed by atoms with Crippen molar-refractivity contribution < 1.29 is 18.9 Å². The molecule has 36 heavy (non-hydrogen) atoms. The van der Waals surface area contributed by atoms with E-state index in [0.717, 1.165) is 50.7 Å². The fraction of sp³-hybridized carbons (Fsp3) is 0.172. The summed E-state index contributed by atoms with van der Waals surface area (Å²) in [5.41, 5.74) is 7.12. The molecule has 0 saturated heterocycles. The fourth-order valence-electron chi connectivity index (χ4n) is 4.46. The Labute approximate surface area is 209 Å². The molecule has 7 nitrogen and oxygen atoms in total. The van der Waals surface area contributed by atoms with Crippen LogP contribution in [0.4, 0.5) is 0 Å². The van der Waals surface area contributed by atoms with Crippen LogP contribution in [0, 0.1) is 6.92 Å². The zero-order valence-corrected chi connectivity index (χ0v) is 20.9. The minimum Gasteiger partial charge on any atom is -0.497 e. The van der Waals surface area contributed by atoms with Gasteiger partial charge in [0.15, 0.2) is 17.1 Å². The Morgan fingerprint density at radius 2 is 1.33 bits per heavy atom. The van der Waals surface area contributed by atoms with Gasteiger partial charge in [-0.25, -0.2) is 9.50 Å². The van der Waals surface area contributed by atoms with E-state index < -0.39 is 0 Å². The average Bonchev–Trinajstić information content (AvgIpc) is 3.35. The third-order valence-electron chi connectivity index (χ3n) is 6.17. The molecule has 0 atom stereocenters. The van der Waals surface area contributed by atoms with Crippen molar-refractivity contribution in [3.63, 3.8) is 0 Å². The van der Waals surface area contributed by atoms with Crippen molar-refractivity contribution in [2.45, 2.75) is 6.92 Å². The van der Waals surface area contributed by atoms with Gasteiger partial charge in [-0.2, -0.15) is 5.10 Å². The molecule has 5 rings (SSSR count). The van der Waals surface area contributed by atoms with E-state index in [1.807, 2.05) is 84.2 Å². The van der Waals surface area contributed by atoms with E-state index in [1.165, 1.54) is 0 Å². The molecule has 2 aromatic heterocycles. The molecule has 0 N–H and O–H groups in total. The second-order valence-electron chi connectivity index (χ2n) is 8.23. The molecule has 0 radical (unpaired) electrons. The Hall–Kier alpha value is -4.52. The lowest BCUT2D eigenvalue weighted by atomic mass is 9.97. The average molecular weight is 482 g/mol. The van der Waals surface area contributed by atoms with E-state index in [2.05, 4.69) is 0 Å². The zero-order valence-electron chi connectivity index (χ0n) is 20.9. The fourth-order valence-corrected chi connectivity index (χ4v) is 4.46. The maximum atomic E-state index is 5.67. The molecule has 0 aliphatic carbocycles. The van der Waals surface area contributed by atoms with Gasteiger partial charge < -0.3 is 18.9 Å². The minimum absolute atomic E-state index is 0.530. The van der Waals surface area contributed by atoms with Crippen molar-refractivity contribution in [3.8, 4) is 56.6 Å². The molecule has 0 saturated carbocycles. The van der Waals surface area contributed by atoms with Crippen LogP contribution in [0.5, 0.6) is 23.0 Å². The van der Waals surface area contributed by atoms with E-state index >= 15 is 0 Å². The van der Waals surface area contributed by atoms with Gasteiger partial charge in [0.2, 0.25) is 5.75 Å². The molecular weight excluding hydrogens is 454 g/mol. The highest BCUT2D eigenvalue weighted by molar-refractivity contribution is 5.86. The summed E-state index contributed by atoms with van der Waals surface area (Å²) in [5.74, 6) is 2.43. The number of methoxy groups -OCH3 is 4. The van der Waals surface area contributed by atoms with Gasteiger partial charge in [0.25, 0.3) is 0 Å². The summed E-state index contributed by atoms with van der Waals surface area (Å²) in [6, 6.07) is 23.9. The third-order valence-corrected chi connectivity index (χ3v) is 6.17. The van der Waals surface area contributed by atoms with Crippen LogP contribution in [-0.2, 0) is 0 Å². The van der Waals surface area contributed by atoms with Crippen LogP contribution in [0.3, 0.4) is 0 Å². The van der Waals surface area contributed by atoms with Crippen molar-refractivity contribution in [2.24, 2.45) is 0 Å². The van der Waals surface area contributed by atoms with Crippen molar-refractivity contribution in [2.75, 3.05) is 28.4 Å². The minimum atomic E-state index is 0.530. The maximum absolute atomic E-state index is 5.67. The number of benzene rings is 3. The van der Waals surface area contributed by atoms with Crippen LogP contribution in [0.2, 0.25) is 0 Å². The van der Waals surface area contributed by atoms with Gasteiger partial charge in [-0.15, -0.1) is 0 Å². The summed E-state index contributed by atoms with van der Waals surface area (Å²) < 4.78 is 24.2. The number of aromatic nitrogens is 3. The normalized spacial score (nSPS) is 10.9. The Bertz CT molecular complexity index is 1500. The summed E-state index contributed by atoms with van der Waals surface area (Å²) >= 11 is 0. The Balaban J connectivity index is 1.86. The maximum Gasteiger partial charge on any atom is 0.203 e. The molecule has 182 valence electrons. The quantitative estimate of drug-likeness (QED) is 0.281. The molecular formula is C29H27N3O4. The van der Waals surface area contributed by atoms with Crippen molar-refractivity contribution in [3.05, 3.63) is 78.5 Å². The smallest absolute Gasteiger partial charge is 0.203 e. The molecule has 0 bridgehead atoms. The van der Waals surface area contributed by atoms with Crippen LogP contribution in [0.1, 0.15) is 5.69 Å². The van der Waals surface area contributed by atoms with Gasteiger partial charge >= 0.3 is 0 Å². The first-order chi connectivity index (χ1) is 17.6. The Morgan fingerprint density at radius 1 is 0.667 bits per heavy atom. The van der Waals surface area contributed by atoms with Gasteiger partial charge in [-0.1, -0.05) is 42.5 Å². The molecule has 7 heteroatoms. The van der Waals surface area contributed by atoms with E-state index in [-0.39, 0.29) is 0 Å². The highest BCUT2D eigenvalue weighted by Crippen LogP contribution is 2.44. The van der Waals surface area contributed by atoms with E-state index in [9.17, 15) is 0 Å². The third kappa shape index (κ3) is 3.98. The second-order valence-corrected chi connectivity index (χ2v) is 8.23. The predicted octanol–water partition coefficient (Wildman–Crippen LogP) is 6.07. The zero-order chi connectivity index (χ0) is 25.2. The molecule has 0 amide bonds. The SMILES string of the molecule is COc1ccc(-c2c(C)nc3cc(-c4ccccc4)nn3c2-c2cc(OC)c(OC)c(OC)c2)cc1. The number of fused-ring (bicyclic) bond motifs is 1. The molecule has 0 spiro atoms. The molecule has 0 aliphatic heterocycles. The summed E-state index contributed by atoms with van der Waals surface area (Å²) in [6.45, 7) is 2.01. The van der Waals surface area contributed by atoms with Crippen molar-refractivity contribution in [1.29, 1.82) is 0 Å². The van der Waals surface area contributed by atoms with Gasteiger partial charge in [-0.3, -0.25) is 0 Å². The molecule has 3 aromatic carbocycles. The first-order valence-corrected chi connectivity index (χ1v) is 11.5. The standard InChI is InChI=1S/C29H27N3O4/c1-18-27(20-11-13-22(33-2)14-12-20)28(21-15-24(34-3)29(36-5)25(16-21)35-4)32-26(30-18)17-23(31-32)19-9-7-6-8-10-19/h6-17H,1-5H3. The Morgan fingerprint density at radius 3 is 1.92 bits per heavy atom. The lowest BCUT2D eigenvalue weighted by Gasteiger charge is -2.18. The largest absolute Gasteiger partial charge is 0.497 e. The number of aryl methyl sites for hydroxylation is 1. The Kier molecular flexibility index (Phi) is 6.21. The highest BCUT2D eigenvalue weighted by Gasteiger charge is 2.22.